The molecular weight excluding hydrogens is 504 g/mol. The minimum atomic E-state index is -1.01. The van der Waals surface area contributed by atoms with Gasteiger partial charge in [0.1, 0.15) is 11.7 Å². The molecule has 0 bridgehead atoms. The molecule has 1 saturated carbocycles. The topological polar surface area (TPSA) is 71.1 Å². The summed E-state index contributed by atoms with van der Waals surface area (Å²) in [7, 11) is 0. The molecule has 6 heteroatoms. The maximum atomic E-state index is 13.1. The average Bonchev–Trinajstić information content (AvgIpc) is 3.01. The van der Waals surface area contributed by atoms with E-state index in [1.54, 1.807) is 24.3 Å². The second-order valence-corrected chi connectivity index (χ2v) is 10.4. The Bertz CT molecular complexity index is 1450. The van der Waals surface area contributed by atoms with E-state index in [1.165, 1.54) is 0 Å². The Kier molecular flexibility index (Phi) is 8.39. The highest BCUT2D eigenvalue weighted by Gasteiger charge is 2.45. The highest BCUT2D eigenvalue weighted by molar-refractivity contribution is 5.97. The van der Waals surface area contributed by atoms with E-state index in [4.69, 9.17) is 19.6 Å². The van der Waals surface area contributed by atoms with Gasteiger partial charge in [-0.3, -0.25) is 9.78 Å². The quantitative estimate of drug-likeness (QED) is 0.169. The molecule has 0 radical (unpaired) electrons. The number of hydrogen-bond donors (Lipinski definition) is 0. The van der Waals surface area contributed by atoms with Crippen molar-refractivity contribution in [3.8, 4) is 22.3 Å². The van der Waals surface area contributed by atoms with Crippen LogP contribution in [-0.4, -0.2) is 23.6 Å². The Balaban J connectivity index is 1.28. The van der Waals surface area contributed by atoms with Crippen LogP contribution in [0.15, 0.2) is 109 Å². The molecule has 0 aromatic heterocycles. The number of rotatable bonds is 8. The van der Waals surface area contributed by atoms with Crippen molar-refractivity contribution in [2.75, 3.05) is 0 Å². The molecule has 1 aliphatic carbocycles. The van der Waals surface area contributed by atoms with Crippen molar-refractivity contribution in [3.05, 3.63) is 120 Å². The van der Waals surface area contributed by atoms with E-state index in [0.717, 1.165) is 28.7 Å². The molecule has 0 saturated heterocycles. The third-order valence-corrected chi connectivity index (χ3v) is 7.44. The van der Waals surface area contributed by atoms with Crippen molar-refractivity contribution < 1.29 is 29.1 Å². The van der Waals surface area contributed by atoms with Crippen LogP contribution in [0.25, 0.3) is 22.3 Å². The van der Waals surface area contributed by atoms with Gasteiger partial charge in [-0.05, 0) is 66.5 Å². The molecule has 4 aromatic rings. The Morgan fingerprint density at radius 3 is 1.70 bits per heavy atom. The molecule has 5 rings (SSSR count). The highest BCUT2D eigenvalue weighted by Crippen LogP contribution is 2.38. The van der Waals surface area contributed by atoms with E-state index >= 15 is 0 Å². The smallest absolute Gasteiger partial charge is 0.292 e. The van der Waals surface area contributed by atoms with Gasteiger partial charge in [0, 0.05) is 0 Å². The van der Waals surface area contributed by atoms with Crippen molar-refractivity contribution in [1.29, 1.82) is 0 Å². The first kappa shape index (κ1) is 27.3. The predicted octanol–water partition coefficient (Wildman–Crippen LogP) is 7.84. The molecule has 3 atom stereocenters. The zero-order valence-corrected chi connectivity index (χ0v) is 22.6. The summed E-state index contributed by atoms with van der Waals surface area (Å²) in [6.07, 6.45) is 1.34. The third kappa shape index (κ3) is 6.14. The second kappa shape index (κ2) is 12.3. The number of hydrogen-bond acceptors (Lipinski definition) is 6. The minimum Gasteiger partial charge on any atom is -0.292 e. The largest absolute Gasteiger partial charge is 0.373 e. The molecule has 3 unspecified atom stereocenters. The lowest BCUT2D eigenvalue weighted by Gasteiger charge is -2.39. The van der Waals surface area contributed by atoms with Gasteiger partial charge in [0.2, 0.25) is 0 Å². The molecule has 6 nitrogen and oxygen atoms in total. The molecule has 4 aromatic carbocycles. The van der Waals surface area contributed by atoms with Gasteiger partial charge in [-0.2, -0.15) is 9.78 Å². The van der Waals surface area contributed by atoms with E-state index < -0.39 is 23.6 Å². The fraction of sp³-hybridized carbons (Fsp3) is 0.235. The molecule has 0 heterocycles. The lowest BCUT2D eigenvalue weighted by atomic mass is 9.78. The van der Waals surface area contributed by atoms with E-state index in [2.05, 4.69) is 6.92 Å². The normalized spacial score (nSPS) is 20.4. The number of carbonyl (C=O) groups excluding carboxylic acids is 2. The minimum absolute atomic E-state index is 0.312. The number of carbonyl (C=O) groups is 2. The average molecular weight is 537 g/mol. The van der Waals surface area contributed by atoms with Crippen LogP contribution in [0, 0.1) is 5.92 Å². The molecule has 0 aliphatic heterocycles. The van der Waals surface area contributed by atoms with Crippen molar-refractivity contribution >= 4 is 11.9 Å². The van der Waals surface area contributed by atoms with E-state index in [9.17, 15) is 9.59 Å². The first-order chi connectivity index (χ1) is 19.4. The third-order valence-electron chi connectivity index (χ3n) is 7.44. The summed E-state index contributed by atoms with van der Waals surface area (Å²) in [5.41, 5.74) is 3.07. The zero-order valence-electron chi connectivity index (χ0n) is 22.6. The first-order valence-corrected chi connectivity index (χ1v) is 13.5. The molecule has 0 spiro atoms. The highest BCUT2D eigenvalue weighted by atomic mass is 17.2. The summed E-state index contributed by atoms with van der Waals surface area (Å²) in [5.74, 6) is -0.896. The molecule has 0 N–H and O–H groups in total. The Morgan fingerprint density at radius 2 is 1.15 bits per heavy atom. The molecular formula is C34H32O6. The van der Waals surface area contributed by atoms with Crippen molar-refractivity contribution in [2.45, 2.75) is 44.8 Å². The van der Waals surface area contributed by atoms with Gasteiger partial charge in [-0.1, -0.05) is 104 Å². The first-order valence-electron chi connectivity index (χ1n) is 13.5. The van der Waals surface area contributed by atoms with Gasteiger partial charge < -0.3 is 0 Å². The summed E-state index contributed by atoms with van der Waals surface area (Å²) in [4.78, 5) is 48.6. The van der Waals surface area contributed by atoms with Crippen molar-refractivity contribution in [1.82, 2.24) is 0 Å². The van der Waals surface area contributed by atoms with Crippen LogP contribution in [0.4, 0.5) is 0 Å². The van der Waals surface area contributed by atoms with Crippen LogP contribution in [0.2, 0.25) is 0 Å². The molecule has 1 aliphatic rings. The van der Waals surface area contributed by atoms with Gasteiger partial charge in [-0.15, -0.1) is 0 Å². The lowest BCUT2D eigenvalue weighted by Crippen LogP contribution is -2.48. The van der Waals surface area contributed by atoms with Crippen LogP contribution >= 0.6 is 0 Å². The van der Waals surface area contributed by atoms with Crippen LogP contribution in [0.5, 0.6) is 0 Å². The molecule has 1 fully saturated rings. The molecule has 40 heavy (non-hydrogen) atoms. The monoisotopic (exact) mass is 536 g/mol. The van der Waals surface area contributed by atoms with Crippen LogP contribution in [0.3, 0.4) is 0 Å². The SMILES string of the molecule is CC1CCC(C)(OOC(=O)c2ccccc2-c2ccccc2)C(OOC(=O)c2ccccc2-c2ccccc2)C1. The fourth-order valence-corrected chi connectivity index (χ4v) is 5.05. The number of benzene rings is 4. The fourth-order valence-electron chi connectivity index (χ4n) is 5.05. The predicted molar refractivity (Wildman–Crippen MR) is 152 cm³/mol. The summed E-state index contributed by atoms with van der Waals surface area (Å²) in [5, 5.41) is 0. The van der Waals surface area contributed by atoms with E-state index in [0.29, 0.717) is 29.9 Å². The van der Waals surface area contributed by atoms with Crippen LogP contribution < -0.4 is 0 Å². The van der Waals surface area contributed by atoms with Gasteiger partial charge in [0.15, 0.2) is 0 Å². The van der Waals surface area contributed by atoms with Gasteiger partial charge in [0.05, 0.1) is 11.1 Å². The Labute approximate surface area is 234 Å². The van der Waals surface area contributed by atoms with Crippen molar-refractivity contribution in [3.63, 3.8) is 0 Å². The maximum absolute atomic E-state index is 13.1. The zero-order chi connectivity index (χ0) is 28.0. The maximum Gasteiger partial charge on any atom is 0.373 e. The standard InChI is InChI=1S/C34H32O6/c1-24-21-22-34(2,40-39-33(36)30-20-12-10-18-28(30)26-15-7-4-8-16-26)31(23-24)37-38-32(35)29-19-11-9-17-27(29)25-13-5-3-6-14-25/h3-20,24,31H,21-23H2,1-2H3. The summed E-state index contributed by atoms with van der Waals surface area (Å²) in [6.45, 7) is 3.91. The molecule has 204 valence electrons. The van der Waals surface area contributed by atoms with Gasteiger partial charge in [0.25, 0.3) is 0 Å². The van der Waals surface area contributed by atoms with Crippen LogP contribution in [-0.2, 0) is 19.6 Å². The second-order valence-electron chi connectivity index (χ2n) is 10.4. The van der Waals surface area contributed by atoms with Crippen LogP contribution in [0.1, 0.15) is 53.8 Å². The molecule has 0 amide bonds. The van der Waals surface area contributed by atoms with E-state index in [-0.39, 0.29) is 0 Å². The summed E-state index contributed by atoms with van der Waals surface area (Å²) < 4.78 is 0. The lowest BCUT2D eigenvalue weighted by molar-refractivity contribution is -0.388. The van der Waals surface area contributed by atoms with E-state index in [1.807, 2.05) is 91.9 Å². The van der Waals surface area contributed by atoms with Gasteiger partial charge in [-0.25, -0.2) is 9.59 Å². The Morgan fingerprint density at radius 1 is 0.675 bits per heavy atom. The summed E-state index contributed by atoms with van der Waals surface area (Å²) >= 11 is 0. The van der Waals surface area contributed by atoms with Crippen molar-refractivity contribution in [2.24, 2.45) is 5.92 Å². The Hall–Kier alpha value is -4.26. The summed E-state index contributed by atoms with van der Waals surface area (Å²) in [6, 6.07) is 33.7. The van der Waals surface area contributed by atoms with Gasteiger partial charge >= 0.3 is 11.9 Å².